The summed E-state index contributed by atoms with van der Waals surface area (Å²) in [7, 11) is 0. The molecule has 1 aliphatic rings. The Balaban J connectivity index is 2.07. The third kappa shape index (κ3) is 3.15. The van der Waals surface area contributed by atoms with E-state index < -0.39 is 0 Å². The molecule has 1 fully saturated rings. The summed E-state index contributed by atoms with van der Waals surface area (Å²) in [6, 6.07) is 6.88. The molecule has 1 aromatic heterocycles. The number of nitrogens with zero attached hydrogens (tertiary/aromatic N) is 2. The molecule has 1 aromatic rings. The van der Waals surface area contributed by atoms with Crippen LogP contribution in [-0.2, 0) is 0 Å². The summed E-state index contributed by atoms with van der Waals surface area (Å²) in [6.45, 7) is 8.95. The average molecular weight is 247 g/mol. The van der Waals surface area contributed by atoms with E-state index in [1.54, 1.807) is 0 Å². The smallest absolute Gasteiger partial charge is 0.131 e. The molecule has 1 N–H and O–H groups in total. The lowest BCUT2D eigenvalue weighted by molar-refractivity contribution is 0.376. The van der Waals surface area contributed by atoms with Gasteiger partial charge >= 0.3 is 0 Å². The Kier molecular flexibility index (Phi) is 4.45. The summed E-state index contributed by atoms with van der Waals surface area (Å²) >= 11 is 0. The molecule has 0 bridgehead atoms. The van der Waals surface area contributed by atoms with Crippen molar-refractivity contribution in [1.82, 2.24) is 4.98 Å². The molecule has 3 nitrogen and oxygen atoms in total. The highest BCUT2D eigenvalue weighted by Gasteiger charge is 2.23. The molecule has 1 saturated heterocycles. The minimum atomic E-state index is 0.600. The number of nitrogens with one attached hydrogen (secondary N) is 1. The van der Waals surface area contributed by atoms with Crippen LogP contribution in [0.1, 0.15) is 40.0 Å². The summed E-state index contributed by atoms with van der Waals surface area (Å²) in [5.41, 5.74) is 0. The van der Waals surface area contributed by atoms with E-state index in [4.69, 9.17) is 4.98 Å². The van der Waals surface area contributed by atoms with Crippen LogP contribution >= 0.6 is 0 Å². The highest BCUT2D eigenvalue weighted by molar-refractivity contribution is 5.48. The monoisotopic (exact) mass is 247 g/mol. The summed E-state index contributed by atoms with van der Waals surface area (Å²) in [5, 5.41) is 3.36. The first-order chi connectivity index (χ1) is 8.70. The first-order valence-corrected chi connectivity index (χ1v) is 7.18. The molecule has 2 atom stereocenters. The van der Waals surface area contributed by atoms with Crippen molar-refractivity contribution >= 4 is 11.6 Å². The van der Waals surface area contributed by atoms with Crippen molar-refractivity contribution in [3.05, 3.63) is 18.2 Å². The quantitative estimate of drug-likeness (QED) is 0.882. The Hall–Kier alpha value is -1.25. The summed E-state index contributed by atoms with van der Waals surface area (Å²) < 4.78 is 0. The zero-order valence-corrected chi connectivity index (χ0v) is 11.8. The maximum atomic E-state index is 4.72. The number of hydrogen-bond donors (Lipinski definition) is 1. The molecule has 2 heterocycles. The standard InChI is InChI=1S/C15H25N3/c1-4-9-16-14-6-5-7-15(17-14)18-10-8-12(2)11-13(18)3/h5-7,12-13H,4,8-11H2,1-3H3,(H,16,17). The van der Waals surface area contributed by atoms with Crippen molar-refractivity contribution in [2.45, 2.75) is 46.1 Å². The molecular weight excluding hydrogens is 222 g/mol. The van der Waals surface area contributed by atoms with E-state index >= 15 is 0 Å². The number of piperidine rings is 1. The van der Waals surface area contributed by atoms with Crippen LogP contribution in [0.2, 0.25) is 0 Å². The van der Waals surface area contributed by atoms with Crippen molar-refractivity contribution < 1.29 is 0 Å². The van der Waals surface area contributed by atoms with Crippen LogP contribution in [0, 0.1) is 5.92 Å². The second-order valence-corrected chi connectivity index (χ2v) is 5.48. The Bertz CT molecular complexity index is 378. The van der Waals surface area contributed by atoms with Gasteiger partial charge in [-0.15, -0.1) is 0 Å². The lowest BCUT2D eigenvalue weighted by Gasteiger charge is -2.37. The fourth-order valence-corrected chi connectivity index (χ4v) is 2.68. The molecule has 0 spiro atoms. The van der Waals surface area contributed by atoms with Crippen molar-refractivity contribution in [2.75, 3.05) is 23.3 Å². The largest absolute Gasteiger partial charge is 0.370 e. The van der Waals surface area contributed by atoms with Gasteiger partial charge < -0.3 is 10.2 Å². The van der Waals surface area contributed by atoms with Gasteiger partial charge in [-0.25, -0.2) is 4.98 Å². The highest BCUT2D eigenvalue weighted by Crippen LogP contribution is 2.27. The van der Waals surface area contributed by atoms with Crippen molar-refractivity contribution in [3.8, 4) is 0 Å². The fraction of sp³-hybridized carbons (Fsp3) is 0.667. The SMILES string of the molecule is CCCNc1cccc(N2CCC(C)CC2C)n1. The summed E-state index contributed by atoms with van der Waals surface area (Å²) in [4.78, 5) is 7.17. The first-order valence-electron chi connectivity index (χ1n) is 7.18. The van der Waals surface area contributed by atoms with Crippen LogP contribution in [0.15, 0.2) is 18.2 Å². The summed E-state index contributed by atoms with van der Waals surface area (Å²) in [6.07, 6.45) is 3.68. The highest BCUT2D eigenvalue weighted by atomic mass is 15.2. The van der Waals surface area contributed by atoms with E-state index in [2.05, 4.69) is 49.2 Å². The van der Waals surface area contributed by atoms with Crippen molar-refractivity contribution in [2.24, 2.45) is 5.92 Å². The van der Waals surface area contributed by atoms with Gasteiger partial charge in [-0.05, 0) is 44.2 Å². The Morgan fingerprint density at radius 1 is 1.39 bits per heavy atom. The van der Waals surface area contributed by atoms with Crippen LogP contribution in [-0.4, -0.2) is 24.1 Å². The maximum absolute atomic E-state index is 4.72. The molecule has 3 heteroatoms. The van der Waals surface area contributed by atoms with E-state index in [1.807, 2.05) is 0 Å². The number of rotatable bonds is 4. The molecule has 0 aliphatic carbocycles. The van der Waals surface area contributed by atoms with E-state index in [9.17, 15) is 0 Å². The van der Waals surface area contributed by atoms with Gasteiger partial charge in [0.05, 0.1) is 0 Å². The van der Waals surface area contributed by atoms with Crippen LogP contribution in [0.25, 0.3) is 0 Å². The van der Waals surface area contributed by atoms with Gasteiger partial charge in [0.25, 0.3) is 0 Å². The lowest BCUT2D eigenvalue weighted by Crippen LogP contribution is -2.40. The zero-order valence-electron chi connectivity index (χ0n) is 11.8. The molecule has 0 amide bonds. The fourth-order valence-electron chi connectivity index (χ4n) is 2.68. The third-order valence-corrected chi connectivity index (χ3v) is 3.72. The van der Waals surface area contributed by atoms with Crippen LogP contribution in [0.4, 0.5) is 11.6 Å². The zero-order chi connectivity index (χ0) is 13.0. The number of hydrogen-bond acceptors (Lipinski definition) is 3. The second-order valence-electron chi connectivity index (χ2n) is 5.48. The number of aromatic nitrogens is 1. The predicted octanol–water partition coefficient (Wildman–Crippen LogP) is 3.53. The molecule has 1 aliphatic heterocycles. The predicted molar refractivity (Wildman–Crippen MR) is 78.2 cm³/mol. The maximum Gasteiger partial charge on any atom is 0.131 e. The van der Waals surface area contributed by atoms with Crippen molar-refractivity contribution in [3.63, 3.8) is 0 Å². The van der Waals surface area contributed by atoms with Gasteiger partial charge in [0.15, 0.2) is 0 Å². The second kappa shape index (κ2) is 6.07. The average Bonchev–Trinajstić information content (AvgIpc) is 2.36. The van der Waals surface area contributed by atoms with Gasteiger partial charge in [-0.3, -0.25) is 0 Å². The number of pyridine rings is 1. The first kappa shape index (κ1) is 13.2. The Morgan fingerprint density at radius 3 is 2.94 bits per heavy atom. The molecule has 0 radical (unpaired) electrons. The molecule has 2 unspecified atom stereocenters. The normalized spacial score (nSPS) is 24.1. The molecule has 2 rings (SSSR count). The van der Waals surface area contributed by atoms with Crippen molar-refractivity contribution in [1.29, 1.82) is 0 Å². The lowest BCUT2D eigenvalue weighted by atomic mass is 9.93. The molecular formula is C15H25N3. The Morgan fingerprint density at radius 2 is 2.22 bits per heavy atom. The van der Waals surface area contributed by atoms with Gasteiger partial charge in [0, 0.05) is 19.1 Å². The van der Waals surface area contributed by atoms with E-state index in [1.165, 1.54) is 12.8 Å². The van der Waals surface area contributed by atoms with Crippen LogP contribution in [0.3, 0.4) is 0 Å². The van der Waals surface area contributed by atoms with E-state index in [-0.39, 0.29) is 0 Å². The van der Waals surface area contributed by atoms with Gasteiger partial charge in [0.2, 0.25) is 0 Å². The van der Waals surface area contributed by atoms with E-state index in [0.29, 0.717) is 6.04 Å². The minimum Gasteiger partial charge on any atom is -0.370 e. The van der Waals surface area contributed by atoms with Crippen LogP contribution < -0.4 is 10.2 Å². The summed E-state index contributed by atoms with van der Waals surface area (Å²) in [5.74, 6) is 2.97. The topological polar surface area (TPSA) is 28.2 Å². The molecule has 0 saturated carbocycles. The van der Waals surface area contributed by atoms with E-state index in [0.717, 1.165) is 37.1 Å². The molecule has 100 valence electrons. The minimum absolute atomic E-state index is 0.600. The van der Waals surface area contributed by atoms with Gasteiger partial charge in [-0.1, -0.05) is 19.9 Å². The molecule has 0 aromatic carbocycles. The van der Waals surface area contributed by atoms with Gasteiger partial charge in [-0.2, -0.15) is 0 Å². The molecule has 18 heavy (non-hydrogen) atoms. The number of anilines is 2. The Labute approximate surface area is 111 Å². The van der Waals surface area contributed by atoms with Crippen LogP contribution in [0.5, 0.6) is 0 Å². The third-order valence-electron chi connectivity index (χ3n) is 3.72. The van der Waals surface area contributed by atoms with Gasteiger partial charge in [0.1, 0.15) is 11.6 Å².